The number of nitrogens with zero attached hydrogens (tertiary/aromatic N) is 1. The predicted molar refractivity (Wildman–Crippen MR) is 140 cm³/mol. The Labute approximate surface area is 226 Å². The van der Waals surface area contributed by atoms with Gasteiger partial charge in [-0.1, -0.05) is 6.07 Å². The van der Waals surface area contributed by atoms with Crippen LogP contribution < -0.4 is 14.2 Å². The van der Waals surface area contributed by atoms with E-state index in [1.54, 1.807) is 32.0 Å². The molecule has 6 nitrogen and oxygen atoms in total. The minimum absolute atomic E-state index is 0. The predicted octanol–water partition coefficient (Wildman–Crippen LogP) is 6.46. The van der Waals surface area contributed by atoms with Gasteiger partial charge < -0.3 is 19.3 Å². The second-order valence-electron chi connectivity index (χ2n) is 9.89. The van der Waals surface area contributed by atoms with Gasteiger partial charge in [0, 0.05) is 24.6 Å². The standard InChI is InChI=1S/C28H32F3NO5.ClH/c1-18(2)37-25-6-3-20(12-24(25)28(29,30)31)16-35-23-5-4-22-11-21(17-36-26(22)14-23)15-32-9-7-19(8-10-32)13-27(33)34;/h3-6,11-12,14,18-19H,7-10,13,15-17H2,1-2H3,(H,33,34);1H. The molecule has 0 amide bonds. The highest BCUT2D eigenvalue weighted by molar-refractivity contribution is 5.85. The monoisotopic (exact) mass is 555 g/mol. The number of hydrogen-bond acceptors (Lipinski definition) is 5. The zero-order valence-corrected chi connectivity index (χ0v) is 22.2. The average Bonchev–Trinajstić information content (AvgIpc) is 2.83. The van der Waals surface area contributed by atoms with Gasteiger partial charge in [-0.3, -0.25) is 9.69 Å². The normalized spacial score (nSPS) is 16.2. The first-order chi connectivity index (χ1) is 17.6. The lowest BCUT2D eigenvalue weighted by Gasteiger charge is -2.32. The molecule has 0 saturated carbocycles. The molecule has 10 heteroatoms. The van der Waals surface area contributed by atoms with Crippen molar-refractivity contribution in [2.24, 2.45) is 5.92 Å². The van der Waals surface area contributed by atoms with E-state index in [1.165, 1.54) is 6.07 Å². The molecule has 2 aromatic rings. The van der Waals surface area contributed by atoms with Crippen molar-refractivity contribution in [2.45, 2.75) is 52.0 Å². The molecule has 0 radical (unpaired) electrons. The molecule has 1 saturated heterocycles. The van der Waals surface area contributed by atoms with Gasteiger partial charge in [-0.05, 0) is 87.2 Å². The van der Waals surface area contributed by atoms with Crippen LogP contribution in [0.4, 0.5) is 13.2 Å². The number of benzene rings is 2. The van der Waals surface area contributed by atoms with Gasteiger partial charge in [-0.25, -0.2) is 0 Å². The minimum atomic E-state index is -4.53. The van der Waals surface area contributed by atoms with Crippen LogP contribution >= 0.6 is 12.4 Å². The first kappa shape index (κ1) is 29.6. The van der Waals surface area contributed by atoms with E-state index in [0.29, 0.717) is 23.7 Å². The molecule has 2 aliphatic rings. The number of piperidine rings is 1. The van der Waals surface area contributed by atoms with Crippen molar-refractivity contribution in [1.82, 2.24) is 4.90 Å². The summed E-state index contributed by atoms with van der Waals surface area (Å²) in [6, 6.07) is 9.37. The van der Waals surface area contributed by atoms with E-state index in [-0.39, 0.29) is 43.2 Å². The van der Waals surface area contributed by atoms with Crippen molar-refractivity contribution in [1.29, 1.82) is 0 Å². The van der Waals surface area contributed by atoms with Crippen molar-refractivity contribution in [3.8, 4) is 17.2 Å². The quantitative estimate of drug-likeness (QED) is 0.383. The van der Waals surface area contributed by atoms with Gasteiger partial charge in [0.15, 0.2) is 0 Å². The number of fused-ring (bicyclic) bond motifs is 1. The Kier molecular flexibility index (Phi) is 9.95. The smallest absolute Gasteiger partial charge is 0.419 e. The summed E-state index contributed by atoms with van der Waals surface area (Å²) in [6.45, 7) is 6.29. The van der Waals surface area contributed by atoms with Gasteiger partial charge >= 0.3 is 12.1 Å². The molecule has 38 heavy (non-hydrogen) atoms. The van der Waals surface area contributed by atoms with E-state index in [2.05, 4.69) is 11.0 Å². The molecule has 2 heterocycles. The van der Waals surface area contributed by atoms with Crippen molar-refractivity contribution in [3.63, 3.8) is 0 Å². The van der Waals surface area contributed by atoms with Crippen LogP contribution in [0.5, 0.6) is 17.2 Å². The first-order valence-electron chi connectivity index (χ1n) is 12.5. The van der Waals surface area contributed by atoms with Gasteiger partial charge in [-0.2, -0.15) is 13.2 Å². The third kappa shape index (κ3) is 8.04. The Morgan fingerprint density at radius 3 is 2.55 bits per heavy atom. The maximum atomic E-state index is 13.5. The van der Waals surface area contributed by atoms with E-state index < -0.39 is 17.7 Å². The largest absolute Gasteiger partial charge is 0.490 e. The van der Waals surface area contributed by atoms with E-state index >= 15 is 0 Å². The molecule has 2 aromatic carbocycles. The number of aliphatic carboxylic acids is 1. The van der Waals surface area contributed by atoms with Gasteiger partial charge in [0.1, 0.15) is 30.5 Å². The van der Waals surface area contributed by atoms with Crippen LogP contribution in [0.25, 0.3) is 6.08 Å². The van der Waals surface area contributed by atoms with Crippen LogP contribution in [0.1, 0.15) is 49.8 Å². The van der Waals surface area contributed by atoms with Crippen molar-refractivity contribution >= 4 is 24.5 Å². The Morgan fingerprint density at radius 1 is 1.16 bits per heavy atom. The molecule has 0 aromatic heterocycles. The number of hydrogen-bond donors (Lipinski definition) is 1. The zero-order chi connectivity index (χ0) is 26.6. The number of ether oxygens (including phenoxy) is 3. The third-order valence-electron chi connectivity index (χ3n) is 6.47. The van der Waals surface area contributed by atoms with Gasteiger partial charge in [0.25, 0.3) is 0 Å². The van der Waals surface area contributed by atoms with Crippen LogP contribution in [0.2, 0.25) is 0 Å². The van der Waals surface area contributed by atoms with Crippen molar-refractivity contribution in [2.75, 3.05) is 26.2 Å². The zero-order valence-electron chi connectivity index (χ0n) is 21.4. The van der Waals surface area contributed by atoms with Crippen LogP contribution in [0, 0.1) is 5.92 Å². The summed E-state index contributed by atoms with van der Waals surface area (Å²) in [4.78, 5) is 13.2. The average molecular weight is 556 g/mol. The molecular formula is C28H33ClF3NO5. The fourth-order valence-corrected chi connectivity index (χ4v) is 4.67. The second kappa shape index (κ2) is 12.8. The summed E-state index contributed by atoms with van der Waals surface area (Å²) in [5, 5.41) is 8.98. The van der Waals surface area contributed by atoms with E-state index in [0.717, 1.165) is 49.7 Å². The lowest BCUT2D eigenvalue weighted by molar-refractivity contribution is -0.139. The number of rotatable bonds is 9. The molecule has 0 aliphatic carbocycles. The van der Waals surface area contributed by atoms with Gasteiger partial charge in [0.2, 0.25) is 0 Å². The highest BCUT2D eigenvalue weighted by atomic mass is 35.5. The fraction of sp³-hybridized carbons (Fsp3) is 0.464. The van der Waals surface area contributed by atoms with E-state index in [9.17, 15) is 18.0 Å². The number of carboxylic acids is 1. The molecular weight excluding hydrogens is 523 g/mol. The Balaban J connectivity index is 0.00000400. The molecule has 1 fully saturated rings. The van der Waals surface area contributed by atoms with Gasteiger partial charge in [0.05, 0.1) is 11.7 Å². The second-order valence-corrected chi connectivity index (χ2v) is 9.89. The maximum Gasteiger partial charge on any atom is 0.419 e. The summed E-state index contributed by atoms with van der Waals surface area (Å²) in [5.41, 5.74) is 1.63. The topological polar surface area (TPSA) is 68.2 Å². The summed E-state index contributed by atoms with van der Waals surface area (Å²) < 4.78 is 57.6. The molecule has 0 bridgehead atoms. The molecule has 0 spiro atoms. The number of carbonyl (C=O) groups is 1. The maximum absolute atomic E-state index is 13.5. The van der Waals surface area contributed by atoms with Crippen LogP contribution in [-0.2, 0) is 17.6 Å². The molecule has 0 atom stereocenters. The number of alkyl halides is 3. The Hall–Kier alpha value is -2.91. The van der Waals surface area contributed by atoms with E-state index in [1.807, 2.05) is 6.07 Å². The summed E-state index contributed by atoms with van der Waals surface area (Å²) >= 11 is 0. The Bertz CT molecular complexity index is 1140. The third-order valence-corrected chi connectivity index (χ3v) is 6.47. The highest BCUT2D eigenvalue weighted by Crippen LogP contribution is 2.38. The minimum Gasteiger partial charge on any atom is -0.490 e. The summed E-state index contributed by atoms with van der Waals surface area (Å²) in [5.74, 6) is 0.490. The molecule has 208 valence electrons. The van der Waals surface area contributed by atoms with Crippen molar-refractivity contribution in [3.05, 3.63) is 58.7 Å². The van der Waals surface area contributed by atoms with Crippen LogP contribution in [-0.4, -0.2) is 48.3 Å². The molecule has 0 unspecified atom stereocenters. The SMILES string of the molecule is CC(C)Oc1ccc(COc2ccc3c(c2)OCC(CN2CCC(CC(=O)O)CC2)=C3)cc1C(F)(F)F.Cl. The number of halogens is 4. The summed E-state index contributed by atoms with van der Waals surface area (Å²) in [7, 11) is 0. The van der Waals surface area contributed by atoms with E-state index in [4.69, 9.17) is 19.3 Å². The van der Waals surface area contributed by atoms with Crippen molar-refractivity contribution < 1.29 is 37.3 Å². The Morgan fingerprint density at radius 2 is 1.89 bits per heavy atom. The number of likely N-dealkylation sites (tertiary alicyclic amines) is 1. The summed E-state index contributed by atoms with van der Waals surface area (Å²) in [6.07, 6.45) is -0.804. The fourth-order valence-electron chi connectivity index (χ4n) is 4.67. The lowest BCUT2D eigenvalue weighted by atomic mass is 9.93. The molecule has 2 aliphatic heterocycles. The lowest BCUT2D eigenvalue weighted by Crippen LogP contribution is -2.36. The van der Waals surface area contributed by atoms with Crippen LogP contribution in [0.15, 0.2) is 42.0 Å². The number of carboxylic acid groups (broad SMARTS) is 1. The first-order valence-corrected chi connectivity index (χ1v) is 12.5. The molecule has 4 rings (SSSR count). The van der Waals surface area contributed by atoms with Gasteiger partial charge in [-0.15, -0.1) is 12.4 Å². The molecule has 1 N–H and O–H groups in total. The highest BCUT2D eigenvalue weighted by Gasteiger charge is 2.35. The van der Waals surface area contributed by atoms with Crippen LogP contribution in [0.3, 0.4) is 0 Å².